The minimum absolute atomic E-state index is 0.0735. The highest BCUT2D eigenvalue weighted by Gasteiger charge is 2.23. The van der Waals surface area contributed by atoms with Gasteiger partial charge in [0.25, 0.3) is 0 Å². The van der Waals surface area contributed by atoms with Crippen LogP contribution in [0, 0.1) is 0 Å². The second-order valence-corrected chi connectivity index (χ2v) is 7.50. The Morgan fingerprint density at radius 3 is 2.14 bits per heavy atom. The van der Waals surface area contributed by atoms with Crippen molar-refractivity contribution in [2.75, 3.05) is 19.5 Å². The predicted molar refractivity (Wildman–Crippen MR) is 103 cm³/mol. The van der Waals surface area contributed by atoms with Crippen molar-refractivity contribution in [2.24, 2.45) is 5.73 Å². The molecule has 2 aromatic carbocycles. The quantitative estimate of drug-likeness (QED) is 0.599. The van der Waals surface area contributed by atoms with Crippen molar-refractivity contribution in [1.82, 2.24) is 4.72 Å². The molecule has 0 aliphatic rings. The Morgan fingerprint density at radius 1 is 1.00 bits per heavy atom. The highest BCUT2D eigenvalue weighted by atomic mass is 32.2. The summed E-state index contributed by atoms with van der Waals surface area (Å²) in [6, 6.07) is 8.94. The number of rotatable bonds is 8. The lowest BCUT2D eigenvalue weighted by Gasteiger charge is -2.15. The lowest BCUT2D eigenvalue weighted by molar-refractivity contribution is -0.117. The molecule has 2 amide bonds. The minimum atomic E-state index is -3.98. The first-order chi connectivity index (χ1) is 13.2. The molecule has 0 spiro atoms. The highest BCUT2D eigenvalue weighted by Crippen LogP contribution is 2.29. The van der Waals surface area contributed by atoms with Crippen molar-refractivity contribution in [3.8, 4) is 11.5 Å². The summed E-state index contributed by atoms with van der Waals surface area (Å²) in [4.78, 5) is 23.3. The molecule has 0 radical (unpaired) electrons. The van der Waals surface area contributed by atoms with Gasteiger partial charge < -0.3 is 20.5 Å². The monoisotopic (exact) mass is 407 g/mol. The van der Waals surface area contributed by atoms with Gasteiger partial charge in [-0.25, -0.2) is 8.42 Å². The zero-order valence-electron chi connectivity index (χ0n) is 15.6. The fourth-order valence-electron chi connectivity index (χ4n) is 2.31. The molecule has 0 aliphatic heterocycles. The van der Waals surface area contributed by atoms with E-state index in [1.165, 1.54) is 63.6 Å². The van der Waals surface area contributed by atoms with Crippen LogP contribution in [0.15, 0.2) is 47.4 Å². The Morgan fingerprint density at radius 2 is 1.61 bits per heavy atom. The fraction of sp³-hybridized carbons (Fsp3) is 0.222. The maximum Gasteiger partial charge on any atom is 0.248 e. The SMILES string of the molecule is COc1ccc(S(=O)(=O)N[C@@H](C)C(=O)Nc2ccc(C(N)=O)cc2)cc1OC. The van der Waals surface area contributed by atoms with Crippen LogP contribution in [0.2, 0.25) is 0 Å². The molecule has 0 heterocycles. The molecule has 0 fully saturated rings. The average Bonchev–Trinajstić information content (AvgIpc) is 2.67. The maximum absolute atomic E-state index is 12.5. The number of anilines is 1. The van der Waals surface area contributed by atoms with Gasteiger partial charge in [0.15, 0.2) is 11.5 Å². The van der Waals surface area contributed by atoms with Crippen molar-refractivity contribution in [2.45, 2.75) is 17.9 Å². The number of ether oxygens (including phenoxy) is 2. The Labute approximate surface area is 162 Å². The van der Waals surface area contributed by atoms with Gasteiger partial charge in [0.2, 0.25) is 21.8 Å². The van der Waals surface area contributed by atoms with Crippen LogP contribution in [0.1, 0.15) is 17.3 Å². The lowest BCUT2D eigenvalue weighted by Crippen LogP contribution is -2.41. The Hall–Kier alpha value is -3.11. The molecule has 2 aromatic rings. The van der Waals surface area contributed by atoms with Crippen LogP contribution >= 0.6 is 0 Å². The van der Waals surface area contributed by atoms with Gasteiger partial charge in [-0.1, -0.05) is 0 Å². The summed E-state index contributed by atoms with van der Waals surface area (Å²) in [5.41, 5.74) is 5.84. The molecule has 4 N–H and O–H groups in total. The van der Waals surface area contributed by atoms with Crippen molar-refractivity contribution in [3.63, 3.8) is 0 Å². The van der Waals surface area contributed by atoms with E-state index in [2.05, 4.69) is 10.0 Å². The summed E-state index contributed by atoms with van der Waals surface area (Å²) in [5, 5.41) is 2.56. The lowest BCUT2D eigenvalue weighted by atomic mass is 10.2. The Balaban J connectivity index is 2.10. The molecular weight excluding hydrogens is 386 g/mol. The number of nitrogens with one attached hydrogen (secondary N) is 2. The van der Waals surface area contributed by atoms with Crippen molar-refractivity contribution < 1.29 is 27.5 Å². The first kappa shape index (κ1) is 21.2. The Bertz CT molecular complexity index is 973. The van der Waals surface area contributed by atoms with Gasteiger partial charge in [-0.3, -0.25) is 9.59 Å². The normalized spacial score (nSPS) is 12.1. The smallest absolute Gasteiger partial charge is 0.248 e. The van der Waals surface area contributed by atoms with E-state index in [9.17, 15) is 18.0 Å². The van der Waals surface area contributed by atoms with E-state index in [0.717, 1.165) is 0 Å². The third kappa shape index (κ3) is 4.99. The summed E-state index contributed by atoms with van der Waals surface area (Å²) in [6.45, 7) is 1.41. The molecular formula is C18H21N3O6S. The van der Waals surface area contributed by atoms with E-state index in [1.54, 1.807) is 0 Å². The van der Waals surface area contributed by atoms with Gasteiger partial charge in [-0.15, -0.1) is 0 Å². The Kier molecular flexibility index (Phi) is 6.60. The first-order valence-corrected chi connectivity index (χ1v) is 9.61. The number of amides is 2. The van der Waals surface area contributed by atoms with Crippen LogP contribution in [-0.4, -0.2) is 40.5 Å². The third-order valence-corrected chi connectivity index (χ3v) is 5.37. The molecule has 2 rings (SSSR count). The van der Waals surface area contributed by atoms with Gasteiger partial charge >= 0.3 is 0 Å². The summed E-state index contributed by atoms with van der Waals surface area (Å²) in [7, 11) is -1.15. The standard InChI is InChI=1S/C18H21N3O6S/c1-11(18(23)20-13-6-4-12(5-7-13)17(19)22)21-28(24,25)14-8-9-15(26-2)16(10-14)27-3/h4-11,21H,1-3H3,(H2,19,22)(H,20,23)/t11-/m0/s1. The van der Waals surface area contributed by atoms with E-state index in [-0.39, 0.29) is 10.6 Å². The number of carbonyl (C=O) groups is 2. The van der Waals surface area contributed by atoms with Crippen molar-refractivity contribution in [3.05, 3.63) is 48.0 Å². The van der Waals surface area contributed by atoms with Crippen molar-refractivity contribution >= 4 is 27.5 Å². The third-order valence-electron chi connectivity index (χ3n) is 3.83. The molecule has 0 bridgehead atoms. The maximum atomic E-state index is 12.5. The first-order valence-electron chi connectivity index (χ1n) is 8.13. The topological polar surface area (TPSA) is 137 Å². The van der Waals surface area contributed by atoms with Crippen LogP contribution in [0.3, 0.4) is 0 Å². The van der Waals surface area contributed by atoms with E-state index in [4.69, 9.17) is 15.2 Å². The zero-order chi connectivity index (χ0) is 20.9. The molecule has 1 atom stereocenters. The van der Waals surface area contributed by atoms with Crippen molar-refractivity contribution in [1.29, 1.82) is 0 Å². The molecule has 28 heavy (non-hydrogen) atoms. The number of hydrogen-bond acceptors (Lipinski definition) is 6. The van der Waals surface area contributed by atoms with Gasteiger partial charge in [0.05, 0.1) is 25.2 Å². The van der Waals surface area contributed by atoms with E-state index in [0.29, 0.717) is 17.0 Å². The van der Waals surface area contributed by atoms with Crippen LogP contribution in [-0.2, 0) is 14.8 Å². The van der Waals surface area contributed by atoms with Gasteiger partial charge in [0, 0.05) is 17.3 Å². The van der Waals surface area contributed by atoms with E-state index >= 15 is 0 Å². The van der Waals surface area contributed by atoms with Gasteiger partial charge in [-0.2, -0.15) is 4.72 Å². The molecule has 0 saturated carbocycles. The number of sulfonamides is 1. The zero-order valence-corrected chi connectivity index (χ0v) is 16.4. The summed E-state index contributed by atoms with van der Waals surface area (Å²) < 4.78 is 37.6. The second kappa shape index (κ2) is 8.72. The van der Waals surface area contributed by atoms with Crippen LogP contribution < -0.4 is 25.2 Å². The summed E-state index contributed by atoms with van der Waals surface area (Å²) >= 11 is 0. The number of nitrogens with two attached hydrogens (primary N) is 1. The van der Waals surface area contributed by atoms with Crippen LogP contribution in [0.25, 0.3) is 0 Å². The van der Waals surface area contributed by atoms with Gasteiger partial charge in [0.1, 0.15) is 0 Å². The van der Waals surface area contributed by atoms with E-state index < -0.39 is 27.9 Å². The number of primary amides is 1. The van der Waals surface area contributed by atoms with Gasteiger partial charge in [-0.05, 0) is 43.3 Å². The fourth-order valence-corrected chi connectivity index (χ4v) is 3.52. The highest BCUT2D eigenvalue weighted by molar-refractivity contribution is 7.89. The molecule has 0 aliphatic carbocycles. The summed E-state index contributed by atoms with van der Waals surface area (Å²) in [5.74, 6) is -0.534. The number of methoxy groups -OCH3 is 2. The van der Waals surface area contributed by atoms with Crippen LogP contribution in [0.5, 0.6) is 11.5 Å². The molecule has 0 saturated heterocycles. The second-order valence-electron chi connectivity index (χ2n) is 5.79. The molecule has 0 aromatic heterocycles. The van der Waals surface area contributed by atoms with Crippen LogP contribution in [0.4, 0.5) is 5.69 Å². The predicted octanol–water partition coefficient (Wildman–Crippen LogP) is 1.11. The number of benzene rings is 2. The number of hydrogen-bond donors (Lipinski definition) is 3. The van der Waals surface area contributed by atoms with E-state index in [1.807, 2.05) is 0 Å². The molecule has 9 nitrogen and oxygen atoms in total. The number of carbonyl (C=O) groups excluding carboxylic acids is 2. The molecule has 150 valence electrons. The minimum Gasteiger partial charge on any atom is -0.493 e. The average molecular weight is 407 g/mol. The molecule has 10 heteroatoms. The largest absolute Gasteiger partial charge is 0.493 e. The summed E-state index contributed by atoms with van der Waals surface area (Å²) in [6.07, 6.45) is 0. The molecule has 0 unspecified atom stereocenters.